The molecule has 0 bridgehead atoms. The summed E-state index contributed by atoms with van der Waals surface area (Å²) >= 11 is 0. The van der Waals surface area contributed by atoms with Crippen molar-refractivity contribution in [1.29, 1.82) is 0 Å². The van der Waals surface area contributed by atoms with Gasteiger partial charge in [0.05, 0.1) is 11.5 Å². The number of carbonyl (C=O) groups is 1. The van der Waals surface area contributed by atoms with Crippen molar-refractivity contribution >= 4 is 15.7 Å². The average molecular weight is 277 g/mol. The fourth-order valence-corrected chi connectivity index (χ4v) is 4.13. The van der Waals surface area contributed by atoms with Gasteiger partial charge in [-0.05, 0) is 24.7 Å². The number of aliphatic hydroxyl groups excluding tert-OH is 1. The van der Waals surface area contributed by atoms with Gasteiger partial charge in [0.25, 0.3) is 0 Å². The van der Waals surface area contributed by atoms with Crippen LogP contribution in [-0.2, 0) is 14.6 Å². The lowest BCUT2D eigenvalue weighted by Gasteiger charge is -2.22. The summed E-state index contributed by atoms with van der Waals surface area (Å²) in [6, 6.07) is -0.0412. The maximum absolute atomic E-state index is 11.8. The number of carbonyl (C=O) groups excluding carboxylic acids is 1. The fourth-order valence-electron chi connectivity index (χ4n) is 2.27. The lowest BCUT2D eigenvalue weighted by Crippen LogP contribution is -2.40. The molecule has 0 aliphatic carbocycles. The maximum atomic E-state index is 11.8. The van der Waals surface area contributed by atoms with Crippen LogP contribution in [0.5, 0.6) is 0 Å². The highest BCUT2D eigenvalue weighted by Gasteiger charge is 2.29. The van der Waals surface area contributed by atoms with Crippen LogP contribution in [0.4, 0.5) is 0 Å². The SMILES string of the molecule is CC(C)C(CCO)NC(=O)CC1CCS(=O)(=O)C1. The second-order valence-electron chi connectivity index (χ2n) is 5.40. The smallest absolute Gasteiger partial charge is 0.220 e. The molecule has 0 spiro atoms. The molecule has 1 aliphatic rings. The zero-order valence-corrected chi connectivity index (χ0v) is 11.9. The van der Waals surface area contributed by atoms with E-state index in [1.54, 1.807) is 0 Å². The van der Waals surface area contributed by atoms with Crippen LogP contribution in [0.3, 0.4) is 0 Å². The van der Waals surface area contributed by atoms with Gasteiger partial charge in [-0.3, -0.25) is 4.79 Å². The quantitative estimate of drug-likeness (QED) is 0.733. The van der Waals surface area contributed by atoms with Crippen molar-refractivity contribution in [2.45, 2.75) is 39.2 Å². The lowest BCUT2D eigenvalue weighted by atomic mass is 9.99. The number of sulfone groups is 1. The van der Waals surface area contributed by atoms with Crippen LogP contribution in [0.2, 0.25) is 0 Å². The largest absolute Gasteiger partial charge is 0.396 e. The van der Waals surface area contributed by atoms with Crippen molar-refractivity contribution in [3.63, 3.8) is 0 Å². The molecule has 106 valence electrons. The van der Waals surface area contributed by atoms with E-state index in [-0.39, 0.29) is 48.3 Å². The van der Waals surface area contributed by atoms with E-state index in [0.29, 0.717) is 12.8 Å². The molecule has 18 heavy (non-hydrogen) atoms. The van der Waals surface area contributed by atoms with Gasteiger partial charge in [0.2, 0.25) is 5.91 Å². The zero-order valence-electron chi connectivity index (χ0n) is 11.1. The molecular formula is C12H23NO4S. The Morgan fingerprint density at radius 2 is 2.11 bits per heavy atom. The molecule has 2 atom stereocenters. The number of aliphatic hydroxyl groups is 1. The van der Waals surface area contributed by atoms with Crippen LogP contribution in [-0.4, -0.2) is 43.6 Å². The minimum atomic E-state index is -2.92. The topological polar surface area (TPSA) is 83.5 Å². The molecule has 1 aliphatic heterocycles. The molecule has 1 amide bonds. The first-order chi connectivity index (χ1) is 8.34. The first kappa shape index (κ1) is 15.4. The van der Waals surface area contributed by atoms with Gasteiger partial charge >= 0.3 is 0 Å². The van der Waals surface area contributed by atoms with Crippen LogP contribution in [0.25, 0.3) is 0 Å². The average Bonchev–Trinajstić information content (AvgIpc) is 2.57. The second kappa shape index (κ2) is 6.52. The zero-order chi connectivity index (χ0) is 13.8. The fraction of sp³-hybridized carbons (Fsp3) is 0.917. The molecular weight excluding hydrogens is 254 g/mol. The van der Waals surface area contributed by atoms with E-state index in [0.717, 1.165) is 0 Å². The van der Waals surface area contributed by atoms with E-state index in [1.165, 1.54) is 0 Å². The Morgan fingerprint density at radius 3 is 2.56 bits per heavy atom. The number of amides is 1. The summed E-state index contributed by atoms with van der Waals surface area (Å²) in [5, 5.41) is 11.8. The third-order valence-corrected chi connectivity index (χ3v) is 5.23. The molecule has 1 rings (SSSR count). The molecule has 0 radical (unpaired) electrons. The minimum Gasteiger partial charge on any atom is -0.396 e. The number of hydrogen-bond acceptors (Lipinski definition) is 4. The molecule has 5 nitrogen and oxygen atoms in total. The summed E-state index contributed by atoms with van der Waals surface area (Å²) in [6.07, 6.45) is 1.39. The Balaban J connectivity index is 2.41. The van der Waals surface area contributed by atoms with Crippen molar-refractivity contribution < 1.29 is 18.3 Å². The summed E-state index contributed by atoms with van der Waals surface area (Å²) in [6.45, 7) is 4.02. The molecule has 0 aromatic heterocycles. The summed E-state index contributed by atoms with van der Waals surface area (Å²) in [4.78, 5) is 11.8. The summed E-state index contributed by atoms with van der Waals surface area (Å²) in [5.74, 6) is 0.441. The van der Waals surface area contributed by atoms with Crippen molar-refractivity contribution in [1.82, 2.24) is 5.32 Å². The third kappa shape index (κ3) is 4.94. The molecule has 0 aromatic carbocycles. The maximum Gasteiger partial charge on any atom is 0.220 e. The summed E-state index contributed by atoms with van der Waals surface area (Å²) in [5.41, 5.74) is 0. The Kier molecular flexibility index (Phi) is 5.59. The first-order valence-corrected chi connectivity index (χ1v) is 8.27. The number of hydrogen-bond donors (Lipinski definition) is 2. The molecule has 0 aromatic rings. The van der Waals surface area contributed by atoms with E-state index in [4.69, 9.17) is 5.11 Å². The Morgan fingerprint density at radius 1 is 1.44 bits per heavy atom. The van der Waals surface area contributed by atoms with Gasteiger partial charge in [0, 0.05) is 19.1 Å². The standard InChI is InChI=1S/C12H23NO4S/c1-9(2)11(3-5-14)13-12(15)7-10-4-6-18(16,17)8-10/h9-11,14H,3-8H2,1-2H3,(H,13,15). The molecule has 1 heterocycles. The Bertz CT molecular complexity index is 378. The van der Waals surface area contributed by atoms with Crippen LogP contribution in [0, 0.1) is 11.8 Å². The molecule has 1 fully saturated rings. The monoisotopic (exact) mass is 277 g/mol. The van der Waals surface area contributed by atoms with E-state index in [2.05, 4.69) is 5.32 Å². The Labute approximate surface area is 109 Å². The van der Waals surface area contributed by atoms with Gasteiger partial charge in [-0.2, -0.15) is 0 Å². The van der Waals surface area contributed by atoms with Crippen LogP contribution in [0.1, 0.15) is 33.1 Å². The van der Waals surface area contributed by atoms with Gasteiger partial charge < -0.3 is 10.4 Å². The van der Waals surface area contributed by atoms with Crippen LogP contribution in [0.15, 0.2) is 0 Å². The highest BCUT2D eigenvalue weighted by molar-refractivity contribution is 7.91. The second-order valence-corrected chi connectivity index (χ2v) is 7.63. The number of nitrogens with one attached hydrogen (secondary N) is 1. The van der Waals surface area contributed by atoms with Crippen LogP contribution < -0.4 is 5.32 Å². The van der Waals surface area contributed by atoms with Crippen molar-refractivity contribution in [2.24, 2.45) is 11.8 Å². The highest BCUT2D eigenvalue weighted by Crippen LogP contribution is 2.21. The normalized spacial score (nSPS) is 24.1. The highest BCUT2D eigenvalue weighted by atomic mass is 32.2. The molecule has 2 N–H and O–H groups in total. The van der Waals surface area contributed by atoms with Crippen molar-refractivity contribution in [3.8, 4) is 0 Å². The van der Waals surface area contributed by atoms with Crippen molar-refractivity contribution in [3.05, 3.63) is 0 Å². The van der Waals surface area contributed by atoms with E-state index in [9.17, 15) is 13.2 Å². The van der Waals surface area contributed by atoms with Gasteiger partial charge in [-0.25, -0.2) is 8.42 Å². The summed E-state index contributed by atoms with van der Waals surface area (Å²) in [7, 11) is -2.92. The summed E-state index contributed by atoms with van der Waals surface area (Å²) < 4.78 is 22.6. The predicted molar refractivity (Wildman–Crippen MR) is 69.8 cm³/mol. The third-order valence-electron chi connectivity index (χ3n) is 3.39. The lowest BCUT2D eigenvalue weighted by molar-refractivity contribution is -0.123. The molecule has 1 saturated heterocycles. The van der Waals surface area contributed by atoms with E-state index < -0.39 is 9.84 Å². The van der Waals surface area contributed by atoms with Crippen molar-refractivity contribution in [2.75, 3.05) is 18.1 Å². The van der Waals surface area contributed by atoms with E-state index >= 15 is 0 Å². The molecule has 0 saturated carbocycles. The van der Waals surface area contributed by atoms with Gasteiger partial charge in [0.15, 0.2) is 9.84 Å². The first-order valence-electron chi connectivity index (χ1n) is 6.44. The van der Waals surface area contributed by atoms with E-state index in [1.807, 2.05) is 13.8 Å². The Hall–Kier alpha value is -0.620. The van der Waals surface area contributed by atoms with Gasteiger partial charge in [-0.1, -0.05) is 13.8 Å². The minimum absolute atomic E-state index is 0.0412. The predicted octanol–water partition coefficient (Wildman–Crippen LogP) is 0.334. The van der Waals surface area contributed by atoms with Gasteiger partial charge in [-0.15, -0.1) is 0 Å². The molecule has 2 unspecified atom stereocenters. The number of rotatable bonds is 6. The van der Waals surface area contributed by atoms with Gasteiger partial charge in [0.1, 0.15) is 0 Å². The molecule has 6 heteroatoms. The van der Waals surface area contributed by atoms with Crippen LogP contribution >= 0.6 is 0 Å².